The minimum absolute atomic E-state index is 0.00464. The summed E-state index contributed by atoms with van der Waals surface area (Å²) in [6.45, 7) is 7.89. The van der Waals surface area contributed by atoms with E-state index in [4.69, 9.17) is 14.2 Å². The van der Waals surface area contributed by atoms with Gasteiger partial charge < -0.3 is 14.2 Å². The summed E-state index contributed by atoms with van der Waals surface area (Å²) in [5.74, 6) is -0.236. The van der Waals surface area contributed by atoms with Crippen molar-refractivity contribution in [1.82, 2.24) is 0 Å². The molecule has 0 amide bonds. The zero-order valence-electron chi connectivity index (χ0n) is 12.3. The summed E-state index contributed by atoms with van der Waals surface area (Å²) in [5, 5.41) is 0. The second kappa shape index (κ2) is 5.95. The van der Waals surface area contributed by atoms with Crippen LogP contribution < -0.4 is 0 Å². The van der Waals surface area contributed by atoms with Crippen LogP contribution in [0.2, 0.25) is 0 Å². The Morgan fingerprint density at radius 2 is 2.25 bits per heavy atom. The van der Waals surface area contributed by atoms with Gasteiger partial charge in [-0.1, -0.05) is 6.58 Å². The van der Waals surface area contributed by atoms with E-state index < -0.39 is 0 Å². The molecule has 5 heteroatoms. The van der Waals surface area contributed by atoms with Crippen molar-refractivity contribution in [3.05, 3.63) is 12.2 Å². The lowest BCUT2D eigenvalue weighted by Crippen LogP contribution is -2.28. The van der Waals surface area contributed by atoms with Gasteiger partial charge in [0.25, 0.3) is 0 Å². The summed E-state index contributed by atoms with van der Waals surface area (Å²) >= 11 is 0. The highest BCUT2D eigenvalue weighted by Crippen LogP contribution is 2.47. The highest BCUT2D eigenvalue weighted by molar-refractivity contribution is 5.86. The topological polar surface area (TPSA) is 61.8 Å². The molecule has 1 saturated carbocycles. The van der Waals surface area contributed by atoms with E-state index in [0.717, 1.165) is 6.42 Å². The molecule has 0 aromatic rings. The molecule has 5 atom stereocenters. The van der Waals surface area contributed by atoms with Crippen molar-refractivity contribution in [3.63, 3.8) is 0 Å². The third-order valence-electron chi connectivity index (χ3n) is 4.54. The first-order valence-electron chi connectivity index (χ1n) is 6.97. The van der Waals surface area contributed by atoms with E-state index in [1.165, 1.54) is 0 Å². The SMILES string of the molecule is C=C(C)C(=O)OCC1CC(C(C)OC)C2C(=O)OCC12. The van der Waals surface area contributed by atoms with Gasteiger partial charge in [-0.25, -0.2) is 4.79 Å². The standard InChI is InChI=1S/C15H22O5/c1-8(2)14(16)19-6-10-5-11(9(3)18-4)13-12(10)7-20-15(13)17/h9-13H,1,5-7H2,2-4H3. The number of cyclic esters (lactones) is 1. The maximum Gasteiger partial charge on any atom is 0.333 e. The van der Waals surface area contributed by atoms with Crippen LogP contribution in [0.3, 0.4) is 0 Å². The molecule has 0 radical (unpaired) electrons. The second-order valence-electron chi connectivity index (χ2n) is 5.80. The zero-order valence-corrected chi connectivity index (χ0v) is 12.3. The molecule has 1 aliphatic carbocycles. The highest BCUT2D eigenvalue weighted by atomic mass is 16.5. The smallest absolute Gasteiger partial charge is 0.333 e. The highest BCUT2D eigenvalue weighted by Gasteiger charge is 2.53. The second-order valence-corrected chi connectivity index (χ2v) is 5.80. The molecule has 1 heterocycles. The van der Waals surface area contributed by atoms with E-state index in [9.17, 15) is 9.59 Å². The van der Waals surface area contributed by atoms with E-state index in [2.05, 4.69) is 6.58 Å². The van der Waals surface area contributed by atoms with Gasteiger partial charge in [0.05, 0.1) is 25.2 Å². The van der Waals surface area contributed by atoms with Crippen molar-refractivity contribution >= 4 is 11.9 Å². The van der Waals surface area contributed by atoms with Crippen molar-refractivity contribution in [1.29, 1.82) is 0 Å². The van der Waals surface area contributed by atoms with Crippen LogP contribution in [0.1, 0.15) is 20.3 Å². The number of hydrogen-bond acceptors (Lipinski definition) is 5. The lowest BCUT2D eigenvalue weighted by molar-refractivity contribution is -0.144. The van der Waals surface area contributed by atoms with Crippen LogP contribution in [0.15, 0.2) is 12.2 Å². The number of carbonyl (C=O) groups excluding carboxylic acids is 2. The average Bonchev–Trinajstić information content (AvgIpc) is 2.96. The number of hydrogen-bond donors (Lipinski definition) is 0. The Hall–Kier alpha value is -1.36. The Morgan fingerprint density at radius 1 is 1.55 bits per heavy atom. The summed E-state index contributed by atoms with van der Waals surface area (Å²) in [6, 6.07) is 0. The van der Waals surface area contributed by atoms with Crippen LogP contribution in [-0.2, 0) is 23.8 Å². The van der Waals surface area contributed by atoms with Crippen LogP contribution in [-0.4, -0.2) is 38.4 Å². The maximum absolute atomic E-state index is 11.9. The molecule has 5 nitrogen and oxygen atoms in total. The van der Waals surface area contributed by atoms with Crippen molar-refractivity contribution < 1.29 is 23.8 Å². The summed E-state index contributed by atoms with van der Waals surface area (Å²) in [5.41, 5.74) is 0.389. The van der Waals surface area contributed by atoms with Gasteiger partial charge in [0, 0.05) is 24.5 Å². The largest absolute Gasteiger partial charge is 0.465 e. The number of ether oxygens (including phenoxy) is 3. The molecule has 2 fully saturated rings. The molecule has 0 N–H and O–H groups in total. The molecule has 112 valence electrons. The lowest BCUT2D eigenvalue weighted by atomic mass is 9.87. The molecule has 0 aromatic carbocycles. The first kappa shape index (κ1) is 15.0. The number of rotatable bonds is 5. The fourth-order valence-electron chi connectivity index (χ4n) is 3.30. The van der Waals surface area contributed by atoms with Gasteiger partial charge in [0.2, 0.25) is 0 Å². The first-order chi connectivity index (χ1) is 9.45. The molecule has 20 heavy (non-hydrogen) atoms. The molecule has 0 spiro atoms. The van der Waals surface area contributed by atoms with Crippen LogP contribution in [0, 0.1) is 23.7 Å². The van der Waals surface area contributed by atoms with Crippen molar-refractivity contribution in [2.45, 2.75) is 26.4 Å². The molecular formula is C15H22O5. The fourth-order valence-corrected chi connectivity index (χ4v) is 3.30. The van der Waals surface area contributed by atoms with E-state index >= 15 is 0 Å². The average molecular weight is 282 g/mol. The predicted octanol–water partition coefficient (Wildman–Crippen LogP) is 1.57. The third kappa shape index (κ3) is 2.73. The third-order valence-corrected chi connectivity index (χ3v) is 4.54. The van der Waals surface area contributed by atoms with Gasteiger partial charge in [-0.3, -0.25) is 4.79 Å². The van der Waals surface area contributed by atoms with Crippen LogP contribution in [0.25, 0.3) is 0 Å². The van der Waals surface area contributed by atoms with E-state index in [0.29, 0.717) is 18.8 Å². The predicted molar refractivity (Wildman–Crippen MR) is 71.8 cm³/mol. The van der Waals surface area contributed by atoms with E-state index in [-0.39, 0.29) is 41.7 Å². The molecule has 0 aromatic heterocycles. The van der Waals surface area contributed by atoms with Crippen molar-refractivity contribution in [3.8, 4) is 0 Å². The van der Waals surface area contributed by atoms with Gasteiger partial charge in [0.15, 0.2) is 0 Å². The van der Waals surface area contributed by atoms with Gasteiger partial charge in [-0.2, -0.15) is 0 Å². The quantitative estimate of drug-likeness (QED) is 0.566. The van der Waals surface area contributed by atoms with Gasteiger partial charge in [0.1, 0.15) is 0 Å². The minimum atomic E-state index is -0.380. The first-order valence-corrected chi connectivity index (χ1v) is 6.97. The molecule has 2 aliphatic rings. The molecule has 2 rings (SSSR count). The summed E-state index contributed by atoms with van der Waals surface area (Å²) in [6.07, 6.45) is 0.818. The van der Waals surface area contributed by atoms with Crippen LogP contribution >= 0.6 is 0 Å². The van der Waals surface area contributed by atoms with Crippen LogP contribution in [0.5, 0.6) is 0 Å². The zero-order chi connectivity index (χ0) is 14.9. The fraction of sp³-hybridized carbons (Fsp3) is 0.733. The van der Waals surface area contributed by atoms with Crippen molar-refractivity contribution in [2.24, 2.45) is 23.7 Å². The van der Waals surface area contributed by atoms with Gasteiger partial charge in [-0.15, -0.1) is 0 Å². The van der Waals surface area contributed by atoms with Gasteiger partial charge in [-0.05, 0) is 26.2 Å². The number of carbonyl (C=O) groups is 2. The Balaban J connectivity index is 2.03. The number of fused-ring (bicyclic) bond motifs is 1. The molecule has 5 unspecified atom stereocenters. The Bertz CT molecular complexity index is 416. The maximum atomic E-state index is 11.9. The van der Waals surface area contributed by atoms with E-state index in [1.807, 2.05) is 6.92 Å². The number of methoxy groups -OCH3 is 1. The number of esters is 2. The summed E-state index contributed by atoms with van der Waals surface area (Å²) in [7, 11) is 1.65. The molecule has 1 aliphatic heterocycles. The summed E-state index contributed by atoms with van der Waals surface area (Å²) < 4.78 is 15.8. The van der Waals surface area contributed by atoms with E-state index in [1.54, 1.807) is 14.0 Å². The van der Waals surface area contributed by atoms with Gasteiger partial charge >= 0.3 is 11.9 Å². The monoisotopic (exact) mass is 282 g/mol. The molecular weight excluding hydrogens is 260 g/mol. The normalized spacial score (nSPS) is 33.5. The van der Waals surface area contributed by atoms with Crippen molar-refractivity contribution in [2.75, 3.05) is 20.3 Å². The van der Waals surface area contributed by atoms with Crippen LogP contribution in [0.4, 0.5) is 0 Å². The molecule has 0 bridgehead atoms. The minimum Gasteiger partial charge on any atom is -0.465 e. The Morgan fingerprint density at radius 3 is 2.85 bits per heavy atom. The lowest BCUT2D eigenvalue weighted by Gasteiger charge is -2.21. The summed E-state index contributed by atoms with van der Waals surface area (Å²) in [4.78, 5) is 23.4. The molecule has 1 saturated heterocycles. The Kier molecular flexibility index (Phi) is 4.48. The Labute approximate surface area is 119 Å².